The van der Waals surface area contributed by atoms with Gasteiger partial charge in [0, 0.05) is 0 Å². The molecule has 0 amide bonds. The lowest BCUT2D eigenvalue weighted by atomic mass is 10.1. The van der Waals surface area contributed by atoms with Gasteiger partial charge in [-0.1, -0.05) is 30.3 Å². The molecule has 1 aromatic rings. The third-order valence-corrected chi connectivity index (χ3v) is 4.83. The molecule has 1 rings (SSSR count). The number of aryl methyl sites for hydroxylation is 1. The molecule has 1 aromatic carbocycles. The maximum atomic E-state index is 12.1. The Morgan fingerprint density at radius 2 is 1.64 bits per heavy atom. The zero-order valence-corrected chi connectivity index (χ0v) is 13.1. The highest BCUT2D eigenvalue weighted by Gasteiger charge is 2.53. The number of hydrogen-bond donors (Lipinski definition) is 2. The molecule has 0 aromatic heterocycles. The molecule has 22 heavy (non-hydrogen) atoms. The minimum absolute atomic E-state index is 0.201. The third-order valence-electron chi connectivity index (χ3n) is 2.46. The molecule has 0 spiro atoms. The topological polar surface area (TPSA) is 93.1 Å². The van der Waals surface area contributed by atoms with Crippen LogP contribution in [0.3, 0.4) is 0 Å². The quantitative estimate of drug-likeness (QED) is 0.543. The Morgan fingerprint density at radius 1 is 1.05 bits per heavy atom. The number of hydrogen-bond acceptors (Lipinski definition) is 4. The summed E-state index contributed by atoms with van der Waals surface area (Å²) in [6.45, 7) is -0.201. The van der Waals surface area contributed by atoms with Crippen molar-refractivity contribution in [3.05, 3.63) is 35.9 Å². The van der Waals surface area contributed by atoms with Crippen molar-refractivity contribution in [3.63, 3.8) is 0 Å². The Hall–Kier alpha value is -0.690. The summed E-state index contributed by atoms with van der Waals surface area (Å²) in [5, 5.41) is 0. The van der Waals surface area contributed by atoms with Crippen LogP contribution in [0, 0.1) is 0 Å². The highest BCUT2D eigenvalue weighted by molar-refractivity contribution is 7.56. The highest BCUT2D eigenvalue weighted by atomic mass is 31.2. The average molecular weight is 362 g/mol. The van der Waals surface area contributed by atoms with E-state index in [1.54, 1.807) is 0 Å². The van der Waals surface area contributed by atoms with Gasteiger partial charge in [0.15, 0.2) is 6.35 Å². The minimum atomic E-state index is -5.97. The summed E-state index contributed by atoms with van der Waals surface area (Å²) in [5.74, 6) is -5.51. The molecule has 0 saturated heterocycles. The molecule has 2 N–H and O–H groups in total. The monoisotopic (exact) mass is 362 g/mol. The Morgan fingerprint density at radius 3 is 2.18 bits per heavy atom. The molecule has 2 unspecified atom stereocenters. The van der Waals surface area contributed by atoms with E-state index >= 15 is 0 Å². The maximum Gasteiger partial charge on any atom is 0.493 e. The van der Waals surface area contributed by atoms with E-state index in [9.17, 15) is 27.2 Å². The van der Waals surface area contributed by atoms with Crippen LogP contribution in [0.1, 0.15) is 12.0 Å². The maximum absolute atomic E-state index is 12.1. The standard InChI is InChI=1S/C11H15F3O6P2/c12-11(13,14)22(17,18)20-9-21(15,16)19-8-4-7-10-5-2-1-3-6-10/h1-3,5-6H,4,7-9H2,(H,15,16)(H,17,18). The second-order valence-electron chi connectivity index (χ2n) is 4.31. The van der Waals surface area contributed by atoms with Gasteiger partial charge in [0.05, 0.1) is 6.61 Å². The predicted octanol–water partition coefficient (Wildman–Crippen LogP) is 3.50. The molecule has 6 nitrogen and oxygen atoms in total. The number of alkyl halides is 3. The largest absolute Gasteiger partial charge is 0.493 e. The van der Waals surface area contributed by atoms with Crippen molar-refractivity contribution in [1.82, 2.24) is 0 Å². The predicted molar refractivity (Wildman–Crippen MR) is 72.4 cm³/mol. The van der Waals surface area contributed by atoms with Gasteiger partial charge < -0.3 is 14.3 Å². The van der Waals surface area contributed by atoms with Crippen molar-refractivity contribution < 1.29 is 41.1 Å². The van der Waals surface area contributed by atoms with Crippen molar-refractivity contribution in [2.75, 3.05) is 13.0 Å². The van der Waals surface area contributed by atoms with Crippen LogP contribution in [0.5, 0.6) is 0 Å². The number of benzene rings is 1. The normalized spacial score (nSPS) is 17.7. The van der Waals surface area contributed by atoms with Gasteiger partial charge in [0.2, 0.25) is 0 Å². The van der Waals surface area contributed by atoms with Gasteiger partial charge in [-0.3, -0.25) is 13.7 Å². The fraction of sp³-hybridized carbons (Fsp3) is 0.455. The molecule has 0 radical (unpaired) electrons. The van der Waals surface area contributed by atoms with Gasteiger partial charge in [0.1, 0.15) is 0 Å². The van der Waals surface area contributed by atoms with Crippen LogP contribution in [0.25, 0.3) is 0 Å². The molecular weight excluding hydrogens is 347 g/mol. The average Bonchev–Trinajstić information content (AvgIpc) is 2.42. The van der Waals surface area contributed by atoms with E-state index in [4.69, 9.17) is 4.89 Å². The minimum Gasteiger partial charge on any atom is -0.323 e. The van der Waals surface area contributed by atoms with Crippen LogP contribution in [0.4, 0.5) is 13.2 Å². The first-order chi connectivity index (χ1) is 10.0. The van der Waals surface area contributed by atoms with E-state index in [0.29, 0.717) is 12.8 Å². The number of rotatable bonds is 8. The lowest BCUT2D eigenvalue weighted by molar-refractivity contribution is -0.0694. The summed E-state index contributed by atoms with van der Waals surface area (Å²) in [7, 11) is -10.5. The van der Waals surface area contributed by atoms with Crippen LogP contribution >= 0.6 is 15.2 Å². The summed E-state index contributed by atoms with van der Waals surface area (Å²) >= 11 is 0. The van der Waals surface area contributed by atoms with Crippen LogP contribution in [0.15, 0.2) is 30.3 Å². The fourth-order valence-corrected chi connectivity index (χ4v) is 3.23. The van der Waals surface area contributed by atoms with Crippen molar-refractivity contribution >= 4 is 15.2 Å². The van der Waals surface area contributed by atoms with E-state index in [0.717, 1.165) is 5.56 Å². The second-order valence-corrected chi connectivity index (χ2v) is 7.90. The summed E-state index contributed by atoms with van der Waals surface area (Å²) in [4.78, 5) is 17.8. The molecular formula is C11H15F3O6P2. The van der Waals surface area contributed by atoms with Gasteiger partial charge in [0.25, 0.3) is 0 Å². The first kappa shape index (κ1) is 19.4. The van der Waals surface area contributed by atoms with Crippen LogP contribution in [0.2, 0.25) is 0 Å². The molecule has 0 aliphatic heterocycles. The van der Waals surface area contributed by atoms with Crippen molar-refractivity contribution in [1.29, 1.82) is 0 Å². The third kappa shape index (κ3) is 6.60. The van der Waals surface area contributed by atoms with E-state index in [-0.39, 0.29) is 6.61 Å². The first-order valence-electron chi connectivity index (χ1n) is 6.08. The Kier molecular flexibility index (Phi) is 6.80. The molecule has 0 aliphatic rings. The van der Waals surface area contributed by atoms with Crippen molar-refractivity contribution in [2.24, 2.45) is 0 Å². The van der Waals surface area contributed by atoms with Gasteiger partial charge in [-0.05, 0) is 18.4 Å². The van der Waals surface area contributed by atoms with Crippen LogP contribution in [-0.4, -0.2) is 28.7 Å². The molecule has 0 fully saturated rings. The Labute approximate surface area is 124 Å². The lowest BCUT2D eigenvalue weighted by Crippen LogP contribution is -2.12. The zero-order chi connectivity index (χ0) is 16.9. The zero-order valence-electron chi connectivity index (χ0n) is 11.3. The molecule has 0 saturated carbocycles. The molecule has 0 heterocycles. The Bertz CT molecular complexity index is 563. The van der Waals surface area contributed by atoms with E-state index in [1.165, 1.54) is 0 Å². The molecule has 0 bridgehead atoms. The molecule has 0 aliphatic carbocycles. The first-order valence-corrected chi connectivity index (χ1v) is 9.42. The highest BCUT2D eigenvalue weighted by Crippen LogP contribution is 2.60. The Balaban J connectivity index is 2.35. The SMILES string of the molecule is O=P(O)(COP(=O)(O)C(F)(F)F)OCCCc1ccccc1. The molecule has 126 valence electrons. The lowest BCUT2D eigenvalue weighted by Gasteiger charge is -2.17. The van der Waals surface area contributed by atoms with E-state index in [2.05, 4.69) is 9.05 Å². The van der Waals surface area contributed by atoms with Gasteiger partial charge >= 0.3 is 21.1 Å². The fourth-order valence-electron chi connectivity index (χ4n) is 1.39. The van der Waals surface area contributed by atoms with Crippen LogP contribution in [-0.2, 0) is 24.6 Å². The summed E-state index contributed by atoms with van der Waals surface area (Å²) in [6, 6.07) is 9.14. The van der Waals surface area contributed by atoms with E-state index in [1.807, 2.05) is 30.3 Å². The van der Waals surface area contributed by atoms with Crippen molar-refractivity contribution in [3.8, 4) is 0 Å². The van der Waals surface area contributed by atoms with Gasteiger partial charge in [-0.2, -0.15) is 13.2 Å². The smallest absolute Gasteiger partial charge is 0.323 e. The number of halogens is 3. The molecule has 2 atom stereocenters. The van der Waals surface area contributed by atoms with Gasteiger partial charge in [-0.15, -0.1) is 0 Å². The summed E-state index contributed by atoms with van der Waals surface area (Å²) in [6.07, 6.45) is -0.612. The summed E-state index contributed by atoms with van der Waals surface area (Å²) < 4.78 is 66.5. The molecule has 11 heteroatoms. The van der Waals surface area contributed by atoms with Crippen molar-refractivity contribution in [2.45, 2.75) is 18.8 Å². The summed E-state index contributed by atoms with van der Waals surface area (Å²) in [5.41, 5.74) is 0.965. The van der Waals surface area contributed by atoms with Gasteiger partial charge in [-0.25, -0.2) is 0 Å². The van der Waals surface area contributed by atoms with E-state index < -0.39 is 27.5 Å². The van der Waals surface area contributed by atoms with Crippen LogP contribution < -0.4 is 0 Å². The second kappa shape index (κ2) is 7.73.